The van der Waals surface area contributed by atoms with Gasteiger partial charge < -0.3 is 5.11 Å². The minimum atomic E-state index is -1.01. The predicted octanol–water partition coefficient (Wildman–Crippen LogP) is 2.49. The number of halogens is 1. The molecule has 2 aromatic rings. The van der Waals surface area contributed by atoms with Gasteiger partial charge in [-0.1, -0.05) is 12.1 Å². The van der Waals surface area contributed by atoms with Crippen LogP contribution in [0.4, 0.5) is 5.69 Å². The van der Waals surface area contributed by atoms with Crippen LogP contribution in [0.3, 0.4) is 0 Å². The van der Waals surface area contributed by atoms with Crippen molar-refractivity contribution in [3.8, 4) is 0 Å². The van der Waals surface area contributed by atoms with Crippen molar-refractivity contribution in [1.29, 1.82) is 0 Å². The van der Waals surface area contributed by atoms with Gasteiger partial charge in [0.15, 0.2) is 0 Å². The molecule has 1 heterocycles. The number of nitrogens with zero attached hydrogens (tertiary/aromatic N) is 1. The van der Waals surface area contributed by atoms with E-state index in [4.69, 9.17) is 5.11 Å². The van der Waals surface area contributed by atoms with E-state index >= 15 is 0 Å². The van der Waals surface area contributed by atoms with Gasteiger partial charge >= 0.3 is 5.97 Å². The van der Waals surface area contributed by atoms with Gasteiger partial charge in [0.25, 0.3) is 5.91 Å². The highest BCUT2D eigenvalue weighted by Crippen LogP contribution is 2.38. The number of carboxylic acids is 1. The third-order valence-corrected chi connectivity index (χ3v) is 3.97. The number of rotatable bonds is 2. The van der Waals surface area contributed by atoms with Crippen molar-refractivity contribution >= 4 is 50.9 Å². The van der Waals surface area contributed by atoms with Gasteiger partial charge in [0.1, 0.15) is 6.54 Å². The maximum absolute atomic E-state index is 12.2. The summed E-state index contributed by atoms with van der Waals surface area (Å²) >= 11 is 2.21. The van der Waals surface area contributed by atoms with Crippen molar-refractivity contribution in [2.75, 3.05) is 11.4 Å². The number of amides is 1. The maximum atomic E-state index is 12.2. The lowest BCUT2D eigenvalue weighted by Crippen LogP contribution is -2.32. The predicted molar refractivity (Wildman–Crippen MR) is 76.0 cm³/mol. The highest BCUT2D eigenvalue weighted by Gasteiger charge is 2.31. The molecule has 0 bridgehead atoms. The van der Waals surface area contributed by atoms with E-state index in [1.807, 2.05) is 18.2 Å². The number of carbonyl (C=O) groups excluding carboxylic acids is 1. The number of aliphatic carboxylic acids is 1. The Morgan fingerprint density at radius 3 is 2.78 bits per heavy atom. The largest absolute Gasteiger partial charge is 0.480 e. The molecule has 0 saturated heterocycles. The zero-order valence-corrected chi connectivity index (χ0v) is 11.3. The first-order valence-electron chi connectivity index (χ1n) is 5.34. The third kappa shape index (κ3) is 1.50. The Morgan fingerprint density at radius 2 is 2.06 bits per heavy atom. The van der Waals surface area contributed by atoms with Crippen LogP contribution in [-0.2, 0) is 4.79 Å². The molecule has 0 atom stereocenters. The van der Waals surface area contributed by atoms with E-state index in [1.54, 1.807) is 12.1 Å². The summed E-state index contributed by atoms with van der Waals surface area (Å²) in [6, 6.07) is 9.22. The number of hydrogen-bond acceptors (Lipinski definition) is 2. The summed E-state index contributed by atoms with van der Waals surface area (Å²) in [5.74, 6) is -1.25. The van der Waals surface area contributed by atoms with Gasteiger partial charge in [0, 0.05) is 14.5 Å². The molecular formula is C13H8INO3. The summed E-state index contributed by atoms with van der Waals surface area (Å²) in [7, 11) is 0. The van der Waals surface area contributed by atoms with Crippen molar-refractivity contribution in [2.24, 2.45) is 0 Å². The maximum Gasteiger partial charge on any atom is 0.323 e. The Kier molecular flexibility index (Phi) is 2.51. The minimum absolute atomic E-state index is 0.236. The summed E-state index contributed by atoms with van der Waals surface area (Å²) in [6.45, 7) is -0.302. The van der Waals surface area contributed by atoms with Crippen molar-refractivity contribution < 1.29 is 14.7 Å². The first kappa shape index (κ1) is 11.5. The lowest BCUT2D eigenvalue weighted by atomic mass is 10.1. The third-order valence-electron chi connectivity index (χ3n) is 3.03. The molecule has 3 rings (SSSR count). The number of benzene rings is 2. The second kappa shape index (κ2) is 3.94. The Morgan fingerprint density at radius 1 is 1.28 bits per heavy atom. The summed E-state index contributed by atoms with van der Waals surface area (Å²) in [4.78, 5) is 24.3. The van der Waals surface area contributed by atoms with E-state index in [2.05, 4.69) is 22.6 Å². The molecule has 0 aromatic heterocycles. The second-order valence-electron chi connectivity index (χ2n) is 4.08. The van der Waals surface area contributed by atoms with Crippen LogP contribution in [0, 0.1) is 3.57 Å². The highest BCUT2D eigenvalue weighted by molar-refractivity contribution is 14.1. The Labute approximate surface area is 116 Å². The quantitative estimate of drug-likeness (QED) is 0.844. The first-order valence-corrected chi connectivity index (χ1v) is 6.42. The Bertz CT molecular complexity index is 696. The molecular weight excluding hydrogens is 345 g/mol. The van der Waals surface area contributed by atoms with Crippen LogP contribution in [0.2, 0.25) is 0 Å². The minimum Gasteiger partial charge on any atom is -0.480 e. The van der Waals surface area contributed by atoms with E-state index in [0.29, 0.717) is 11.3 Å². The lowest BCUT2D eigenvalue weighted by Gasteiger charge is -2.14. The summed E-state index contributed by atoms with van der Waals surface area (Å²) in [5.41, 5.74) is 1.27. The SMILES string of the molecule is O=C(O)CN1C(=O)c2cccc3c(I)ccc1c23. The Hall–Kier alpha value is -1.63. The van der Waals surface area contributed by atoms with Gasteiger partial charge in [-0.2, -0.15) is 0 Å². The second-order valence-corrected chi connectivity index (χ2v) is 5.24. The van der Waals surface area contributed by atoms with Gasteiger partial charge in [-0.3, -0.25) is 14.5 Å². The fraction of sp³-hybridized carbons (Fsp3) is 0.0769. The van der Waals surface area contributed by atoms with E-state index < -0.39 is 5.97 Å². The number of anilines is 1. The molecule has 2 aromatic carbocycles. The smallest absolute Gasteiger partial charge is 0.323 e. The number of hydrogen-bond donors (Lipinski definition) is 1. The molecule has 5 heteroatoms. The summed E-state index contributed by atoms with van der Waals surface area (Å²) in [6.07, 6.45) is 0. The van der Waals surface area contributed by atoms with E-state index in [1.165, 1.54) is 4.90 Å². The van der Waals surface area contributed by atoms with Gasteiger partial charge in [0.05, 0.1) is 5.69 Å². The molecule has 18 heavy (non-hydrogen) atoms. The number of carbonyl (C=O) groups is 2. The monoisotopic (exact) mass is 353 g/mol. The van der Waals surface area contributed by atoms with Gasteiger partial charge in [-0.05, 0) is 46.2 Å². The molecule has 4 nitrogen and oxygen atoms in total. The Balaban J connectivity index is 2.30. The number of carboxylic acid groups (broad SMARTS) is 1. The zero-order valence-electron chi connectivity index (χ0n) is 9.18. The standard InChI is InChI=1S/C13H8INO3/c14-9-4-5-10-12-7(9)2-1-3-8(12)13(18)15(10)6-11(16)17/h1-5H,6H2,(H,16,17). The van der Waals surface area contributed by atoms with Crippen LogP contribution < -0.4 is 4.90 Å². The average molecular weight is 353 g/mol. The van der Waals surface area contributed by atoms with Gasteiger partial charge in [-0.25, -0.2) is 0 Å². The molecule has 1 N–H and O–H groups in total. The molecule has 0 spiro atoms. The van der Waals surface area contributed by atoms with Crippen molar-refractivity contribution in [1.82, 2.24) is 0 Å². The molecule has 1 amide bonds. The van der Waals surface area contributed by atoms with Gasteiger partial charge in [0.2, 0.25) is 0 Å². The summed E-state index contributed by atoms with van der Waals surface area (Å²) in [5, 5.41) is 10.7. The molecule has 1 aliphatic rings. The van der Waals surface area contributed by atoms with Crippen LogP contribution in [0.25, 0.3) is 10.8 Å². The molecule has 0 radical (unpaired) electrons. The van der Waals surface area contributed by atoms with E-state index in [9.17, 15) is 9.59 Å². The molecule has 0 aliphatic carbocycles. The van der Waals surface area contributed by atoms with Gasteiger partial charge in [-0.15, -0.1) is 0 Å². The first-order chi connectivity index (χ1) is 8.59. The molecule has 0 fully saturated rings. The van der Waals surface area contributed by atoms with Crippen molar-refractivity contribution in [3.63, 3.8) is 0 Å². The lowest BCUT2D eigenvalue weighted by molar-refractivity contribution is -0.135. The fourth-order valence-corrected chi connectivity index (χ4v) is 2.93. The normalized spacial score (nSPS) is 13.4. The topological polar surface area (TPSA) is 57.6 Å². The zero-order chi connectivity index (χ0) is 12.9. The average Bonchev–Trinajstić information content (AvgIpc) is 2.60. The van der Waals surface area contributed by atoms with Crippen molar-refractivity contribution in [2.45, 2.75) is 0 Å². The van der Waals surface area contributed by atoms with Crippen LogP contribution in [0.15, 0.2) is 30.3 Å². The van der Waals surface area contributed by atoms with Crippen molar-refractivity contribution in [3.05, 3.63) is 39.5 Å². The van der Waals surface area contributed by atoms with Crippen LogP contribution in [0.1, 0.15) is 10.4 Å². The highest BCUT2D eigenvalue weighted by atomic mass is 127. The molecule has 0 saturated carbocycles. The molecule has 90 valence electrons. The van der Waals surface area contributed by atoms with Crippen LogP contribution >= 0.6 is 22.6 Å². The fourth-order valence-electron chi connectivity index (χ4n) is 2.30. The van der Waals surface area contributed by atoms with E-state index in [-0.39, 0.29) is 12.5 Å². The van der Waals surface area contributed by atoms with Crippen LogP contribution in [-0.4, -0.2) is 23.5 Å². The van der Waals surface area contributed by atoms with E-state index in [0.717, 1.165) is 14.3 Å². The molecule has 1 aliphatic heterocycles. The summed E-state index contributed by atoms with van der Waals surface area (Å²) < 4.78 is 1.05. The molecule has 0 unspecified atom stereocenters. The van der Waals surface area contributed by atoms with Crippen LogP contribution in [0.5, 0.6) is 0 Å².